The van der Waals surface area contributed by atoms with Crippen molar-refractivity contribution in [2.24, 2.45) is 0 Å². The molecule has 0 aromatic heterocycles. The second kappa shape index (κ2) is 12.9. The number of aryl methyl sites for hydroxylation is 1. The molecule has 3 rings (SSSR count). The number of nitrogens with zero attached hydrogens (tertiary/aromatic N) is 2. The van der Waals surface area contributed by atoms with Crippen molar-refractivity contribution in [2.75, 3.05) is 17.1 Å². The van der Waals surface area contributed by atoms with E-state index in [0.717, 1.165) is 21.7 Å². The van der Waals surface area contributed by atoms with Crippen LogP contribution in [0, 0.1) is 6.92 Å². The Labute approximate surface area is 230 Å². The van der Waals surface area contributed by atoms with Gasteiger partial charge in [-0.2, -0.15) is 0 Å². The normalized spacial score (nSPS) is 12.2. The molecule has 0 saturated heterocycles. The molecule has 38 heavy (non-hydrogen) atoms. The minimum Gasteiger partial charge on any atom is -0.352 e. The minimum atomic E-state index is -3.81. The summed E-state index contributed by atoms with van der Waals surface area (Å²) in [6.07, 6.45) is 1.31. The number of amides is 2. The average Bonchev–Trinajstić information content (AvgIpc) is 2.85. The first-order valence-electron chi connectivity index (χ1n) is 12.4. The second-order valence-corrected chi connectivity index (χ2v) is 11.9. The molecule has 3 aromatic carbocycles. The van der Waals surface area contributed by atoms with Crippen LogP contribution in [0.5, 0.6) is 0 Å². The standard InChI is InChI=1S/C29H34ClN3O4S/c1-21(2)31-29(35)27(18-23-12-6-5-7-13-23)32(19-24-14-8-9-16-26(24)30)28(34)20-33(38(4,36)37)25-15-10-11-22(3)17-25/h5-17,21,27H,18-20H2,1-4H3,(H,31,35)/t27-/m0/s1. The maximum absolute atomic E-state index is 14.0. The van der Waals surface area contributed by atoms with Gasteiger partial charge in [0.1, 0.15) is 12.6 Å². The molecular formula is C29H34ClN3O4S. The van der Waals surface area contributed by atoms with Crippen LogP contribution in [-0.2, 0) is 32.6 Å². The van der Waals surface area contributed by atoms with E-state index in [4.69, 9.17) is 11.6 Å². The van der Waals surface area contributed by atoms with E-state index in [1.54, 1.807) is 42.5 Å². The van der Waals surface area contributed by atoms with Gasteiger partial charge in [-0.25, -0.2) is 8.42 Å². The summed E-state index contributed by atoms with van der Waals surface area (Å²) in [5.41, 5.74) is 2.76. The average molecular weight is 556 g/mol. The number of carbonyl (C=O) groups is 2. The van der Waals surface area contributed by atoms with Gasteiger partial charge >= 0.3 is 0 Å². The van der Waals surface area contributed by atoms with Crippen molar-refractivity contribution in [2.45, 2.75) is 45.8 Å². The Morgan fingerprint density at radius 3 is 2.21 bits per heavy atom. The molecule has 0 fully saturated rings. The number of hydrogen-bond donors (Lipinski definition) is 1. The molecule has 0 heterocycles. The summed E-state index contributed by atoms with van der Waals surface area (Å²) in [7, 11) is -3.81. The lowest BCUT2D eigenvalue weighted by molar-refractivity contribution is -0.140. The van der Waals surface area contributed by atoms with Gasteiger partial charge in [-0.3, -0.25) is 13.9 Å². The molecule has 0 unspecified atom stereocenters. The second-order valence-electron chi connectivity index (χ2n) is 9.59. The number of sulfonamides is 1. The molecule has 9 heteroatoms. The number of halogens is 1. The van der Waals surface area contributed by atoms with Crippen molar-refractivity contribution in [3.63, 3.8) is 0 Å². The van der Waals surface area contributed by atoms with Crippen molar-refractivity contribution in [1.29, 1.82) is 0 Å². The molecule has 1 N–H and O–H groups in total. The molecule has 0 spiro atoms. The highest BCUT2D eigenvalue weighted by Crippen LogP contribution is 2.23. The molecule has 0 aliphatic rings. The quantitative estimate of drug-likeness (QED) is 0.375. The number of benzene rings is 3. The Hall–Kier alpha value is -3.36. The van der Waals surface area contributed by atoms with E-state index < -0.39 is 28.5 Å². The largest absolute Gasteiger partial charge is 0.352 e. The Morgan fingerprint density at radius 1 is 0.947 bits per heavy atom. The van der Waals surface area contributed by atoms with Crippen molar-refractivity contribution in [3.8, 4) is 0 Å². The lowest BCUT2D eigenvalue weighted by Gasteiger charge is -2.34. The molecular weight excluding hydrogens is 522 g/mol. The highest BCUT2D eigenvalue weighted by Gasteiger charge is 2.33. The van der Waals surface area contributed by atoms with E-state index in [0.29, 0.717) is 16.3 Å². The first-order chi connectivity index (χ1) is 18.0. The van der Waals surface area contributed by atoms with Gasteiger partial charge in [0.2, 0.25) is 21.8 Å². The molecule has 0 aliphatic heterocycles. The van der Waals surface area contributed by atoms with Crippen LogP contribution >= 0.6 is 11.6 Å². The summed E-state index contributed by atoms with van der Waals surface area (Å²) < 4.78 is 26.7. The van der Waals surface area contributed by atoms with Crippen LogP contribution < -0.4 is 9.62 Å². The predicted molar refractivity (Wildman–Crippen MR) is 153 cm³/mol. The molecule has 0 aliphatic carbocycles. The molecule has 0 bridgehead atoms. The summed E-state index contributed by atoms with van der Waals surface area (Å²) in [6, 6.07) is 22.4. The summed E-state index contributed by atoms with van der Waals surface area (Å²) >= 11 is 6.45. The molecule has 0 radical (unpaired) electrons. The summed E-state index contributed by atoms with van der Waals surface area (Å²) in [5.74, 6) is -0.845. The van der Waals surface area contributed by atoms with E-state index >= 15 is 0 Å². The van der Waals surface area contributed by atoms with Gasteiger partial charge in [0.25, 0.3) is 0 Å². The van der Waals surface area contributed by atoms with Crippen molar-refractivity contribution < 1.29 is 18.0 Å². The Balaban J connectivity index is 2.07. The van der Waals surface area contributed by atoms with Crippen LogP contribution in [0.4, 0.5) is 5.69 Å². The Bertz CT molecular complexity index is 1360. The van der Waals surface area contributed by atoms with Crippen molar-refractivity contribution in [3.05, 3.63) is 101 Å². The smallest absolute Gasteiger partial charge is 0.244 e. The lowest BCUT2D eigenvalue weighted by atomic mass is 10.0. The van der Waals surface area contributed by atoms with E-state index in [9.17, 15) is 18.0 Å². The first kappa shape index (κ1) is 29.2. The van der Waals surface area contributed by atoms with Gasteiger partial charge in [-0.1, -0.05) is 72.3 Å². The van der Waals surface area contributed by atoms with Crippen LogP contribution in [0.2, 0.25) is 5.02 Å². The third-order valence-corrected chi connectivity index (χ3v) is 7.48. The fourth-order valence-corrected chi connectivity index (χ4v) is 5.18. The topological polar surface area (TPSA) is 86.8 Å². The molecule has 202 valence electrons. The van der Waals surface area contributed by atoms with Gasteiger partial charge in [0.05, 0.1) is 11.9 Å². The maximum atomic E-state index is 14.0. The summed E-state index contributed by atoms with van der Waals surface area (Å²) in [4.78, 5) is 28.9. The summed E-state index contributed by atoms with van der Waals surface area (Å²) in [6.45, 7) is 5.11. The van der Waals surface area contributed by atoms with E-state index in [2.05, 4.69) is 5.32 Å². The fraction of sp³-hybridized carbons (Fsp3) is 0.310. The molecule has 3 aromatic rings. The zero-order chi connectivity index (χ0) is 27.9. The number of hydrogen-bond acceptors (Lipinski definition) is 4. The Kier molecular flexibility index (Phi) is 9.94. The number of carbonyl (C=O) groups excluding carboxylic acids is 2. The van der Waals surface area contributed by atoms with Crippen molar-refractivity contribution >= 4 is 39.1 Å². The number of nitrogens with one attached hydrogen (secondary N) is 1. The number of rotatable bonds is 11. The minimum absolute atomic E-state index is 0.0347. The van der Waals surface area contributed by atoms with Crippen LogP contribution in [0.1, 0.15) is 30.5 Å². The van der Waals surface area contributed by atoms with Crippen LogP contribution in [0.3, 0.4) is 0 Å². The zero-order valence-electron chi connectivity index (χ0n) is 22.1. The summed E-state index contributed by atoms with van der Waals surface area (Å²) in [5, 5.41) is 3.37. The highest BCUT2D eigenvalue weighted by atomic mass is 35.5. The number of anilines is 1. The van der Waals surface area contributed by atoms with Crippen LogP contribution in [0.15, 0.2) is 78.9 Å². The predicted octanol–water partition coefficient (Wildman–Crippen LogP) is 4.58. The highest BCUT2D eigenvalue weighted by molar-refractivity contribution is 7.92. The maximum Gasteiger partial charge on any atom is 0.244 e. The van der Waals surface area contributed by atoms with Gasteiger partial charge in [0, 0.05) is 24.0 Å². The van der Waals surface area contributed by atoms with Crippen molar-refractivity contribution in [1.82, 2.24) is 10.2 Å². The van der Waals surface area contributed by atoms with E-state index in [1.165, 1.54) is 4.90 Å². The van der Waals surface area contributed by atoms with Gasteiger partial charge < -0.3 is 10.2 Å². The first-order valence-corrected chi connectivity index (χ1v) is 14.6. The molecule has 2 amide bonds. The Morgan fingerprint density at radius 2 is 1.61 bits per heavy atom. The zero-order valence-corrected chi connectivity index (χ0v) is 23.7. The van der Waals surface area contributed by atoms with E-state index in [1.807, 2.05) is 57.2 Å². The lowest BCUT2D eigenvalue weighted by Crippen LogP contribution is -2.54. The fourth-order valence-electron chi connectivity index (χ4n) is 4.14. The van der Waals surface area contributed by atoms with Gasteiger partial charge in [-0.15, -0.1) is 0 Å². The third kappa shape index (κ3) is 8.07. The molecule has 7 nitrogen and oxygen atoms in total. The third-order valence-electron chi connectivity index (χ3n) is 5.97. The van der Waals surface area contributed by atoms with Gasteiger partial charge in [-0.05, 0) is 55.7 Å². The molecule has 1 atom stereocenters. The van der Waals surface area contributed by atoms with Crippen LogP contribution in [-0.4, -0.2) is 50.0 Å². The molecule has 0 saturated carbocycles. The van der Waals surface area contributed by atoms with E-state index in [-0.39, 0.29) is 24.9 Å². The SMILES string of the molecule is Cc1cccc(N(CC(=O)N(Cc2ccccc2Cl)[C@@H](Cc2ccccc2)C(=O)NC(C)C)S(C)(=O)=O)c1. The van der Waals surface area contributed by atoms with Crippen LogP contribution in [0.25, 0.3) is 0 Å². The van der Waals surface area contributed by atoms with Gasteiger partial charge in [0.15, 0.2) is 0 Å². The monoisotopic (exact) mass is 555 g/mol.